The van der Waals surface area contributed by atoms with Gasteiger partial charge >= 0.3 is 0 Å². The predicted octanol–water partition coefficient (Wildman–Crippen LogP) is 14.0. The SMILES string of the molecule is c1ccc(N(c2ccc(-c3cccc(-c4cccc5ccccc45)c3)cc2)c2cccc3c2-c2ccccc2C3(c2ccccc2)c2ccccc2)cc1. The number of para-hydroxylation sites is 1. The van der Waals surface area contributed by atoms with Crippen molar-refractivity contribution in [2.24, 2.45) is 0 Å². The Bertz CT molecular complexity index is 2700. The monoisotopic (exact) mass is 687 g/mol. The van der Waals surface area contributed by atoms with Crippen LogP contribution in [0.1, 0.15) is 22.3 Å². The van der Waals surface area contributed by atoms with E-state index in [1.165, 1.54) is 66.4 Å². The third-order valence-corrected chi connectivity index (χ3v) is 11.1. The van der Waals surface area contributed by atoms with Gasteiger partial charge in [-0.15, -0.1) is 0 Å². The maximum atomic E-state index is 2.43. The summed E-state index contributed by atoms with van der Waals surface area (Å²) in [7, 11) is 0. The molecule has 54 heavy (non-hydrogen) atoms. The van der Waals surface area contributed by atoms with Crippen LogP contribution in [0.2, 0.25) is 0 Å². The van der Waals surface area contributed by atoms with Gasteiger partial charge in [-0.3, -0.25) is 0 Å². The Labute approximate surface area is 317 Å². The molecular formula is C53H37N. The molecule has 9 aromatic carbocycles. The van der Waals surface area contributed by atoms with E-state index in [1.54, 1.807) is 0 Å². The lowest BCUT2D eigenvalue weighted by Gasteiger charge is -2.34. The second-order valence-electron chi connectivity index (χ2n) is 14.1. The lowest BCUT2D eigenvalue weighted by Crippen LogP contribution is -2.28. The van der Waals surface area contributed by atoms with E-state index in [0.29, 0.717) is 0 Å². The molecule has 0 heterocycles. The summed E-state index contributed by atoms with van der Waals surface area (Å²) in [4.78, 5) is 2.43. The molecule has 1 heteroatoms. The van der Waals surface area contributed by atoms with Gasteiger partial charge in [0.2, 0.25) is 0 Å². The normalized spacial score (nSPS) is 12.6. The van der Waals surface area contributed by atoms with Crippen molar-refractivity contribution in [3.63, 3.8) is 0 Å². The van der Waals surface area contributed by atoms with Gasteiger partial charge in [0.05, 0.1) is 11.1 Å². The molecule has 10 rings (SSSR count). The number of rotatable bonds is 7. The van der Waals surface area contributed by atoms with Crippen molar-refractivity contribution in [2.45, 2.75) is 5.41 Å². The second kappa shape index (κ2) is 13.2. The molecule has 254 valence electrons. The van der Waals surface area contributed by atoms with Gasteiger partial charge in [-0.25, -0.2) is 0 Å². The number of anilines is 3. The zero-order valence-corrected chi connectivity index (χ0v) is 29.8. The largest absolute Gasteiger partial charge is 0.310 e. The quantitative estimate of drug-likeness (QED) is 0.161. The van der Waals surface area contributed by atoms with Crippen molar-refractivity contribution >= 4 is 27.8 Å². The third kappa shape index (κ3) is 5.09. The third-order valence-electron chi connectivity index (χ3n) is 11.1. The Hall–Kier alpha value is -6.96. The van der Waals surface area contributed by atoms with Crippen LogP contribution in [-0.4, -0.2) is 0 Å². The van der Waals surface area contributed by atoms with Gasteiger partial charge in [0.15, 0.2) is 0 Å². The van der Waals surface area contributed by atoms with E-state index in [1.807, 2.05) is 0 Å². The van der Waals surface area contributed by atoms with Crippen LogP contribution >= 0.6 is 0 Å². The molecule has 1 nitrogen and oxygen atoms in total. The first-order chi connectivity index (χ1) is 26.8. The first-order valence-electron chi connectivity index (χ1n) is 18.7. The highest BCUT2D eigenvalue weighted by Crippen LogP contribution is 2.59. The zero-order chi connectivity index (χ0) is 35.9. The maximum absolute atomic E-state index is 2.43. The van der Waals surface area contributed by atoms with Gasteiger partial charge in [-0.2, -0.15) is 0 Å². The summed E-state index contributed by atoms with van der Waals surface area (Å²) >= 11 is 0. The van der Waals surface area contributed by atoms with E-state index < -0.39 is 5.41 Å². The molecule has 1 aliphatic carbocycles. The van der Waals surface area contributed by atoms with Gasteiger partial charge in [-0.05, 0) is 97.2 Å². The summed E-state index contributed by atoms with van der Waals surface area (Å²) < 4.78 is 0. The molecule has 0 atom stereocenters. The fourth-order valence-corrected chi connectivity index (χ4v) is 8.81. The molecule has 9 aromatic rings. The highest BCUT2D eigenvalue weighted by Gasteiger charge is 2.47. The number of hydrogen-bond donors (Lipinski definition) is 0. The maximum Gasteiger partial charge on any atom is 0.0714 e. The van der Waals surface area contributed by atoms with Crippen molar-refractivity contribution in [1.82, 2.24) is 0 Å². The fourth-order valence-electron chi connectivity index (χ4n) is 8.81. The van der Waals surface area contributed by atoms with Crippen molar-refractivity contribution in [3.8, 4) is 33.4 Å². The van der Waals surface area contributed by atoms with E-state index in [2.05, 4.69) is 229 Å². The molecule has 0 spiro atoms. The van der Waals surface area contributed by atoms with Crippen LogP contribution in [0.15, 0.2) is 224 Å². The van der Waals surface area contributed by atoms with Crippen LogP contribution in [-0.2, 0) is 5.41 Å². The van der Waals surface area contributed by atoms with Gasteiger partial charge in [0.25, 0.3) is 0 Å². The van der Waals surface area contributed by atoms with E-state index >= 15 is 0 Å². The van der Waals surface area contributed by atoms with E-state index in [9.17, 15) is 0 Å². The number of fused-ring (bicyclic) bond motifs is 4. The Balaban J connectivity index is 1.13. The molecule has 0 saturated heterocycles. The zero-order valence-electron chi connectivity index (χ0n) is 29.8. The van der Waals surface area contributed by atoms with E-state index in [-0.39, 0.29) is 0 Å². The number of hydrogen-bond acceptors (Lipinski definition) is 1. The molecule has 1 aliphatic rings. The van der Waals surface area contributed by atoms with Crippen molar-refractivity contribution in [1.29, 1.82) is 0 Å². The molecule has 0 saturated carbocycles. The van der Waals surface area contributed by atoms with Gasteiger partial charge in [0, 0.05) is 16.9 Å². The fraction of sp³-hybridized carbons (Fsp3) is 0.0189. The van der Waals surface area contributed by atoms with Crippen molar-refractivity contribution < 1.29 is 0 Å². The summed E-state index contributed by atoms with van der Waals surface area (Å²) in [6, 6.07) is 81.9. The number of nitrogens with zero attached hydrogens (tertiary/aromatic N) is 1. The average Bonchev–Trinajstić information content (AvgIpc) is 3.57. The predicted molar refractivity (Wildman–Crippen MR) is 227 cm³/mol. The van der Waals surface area contributed by atoms with Crippen LogP contribution in [0.25, 0.3) is 44.2 Å². The minimum Gasteiger partial charge on any atom is -0.310 e. The first-order valence-corrected chi connectivity index (χ1v) is 18.7. The standard InChI is InChI=1S/C53H37N/c1-4-21-42(22-5-1)53(43-23-6-2-7-24-43)49-30-13-12-28-48(49)52-50(53)31-16-32-51(52)54(44-25-8-3-9-26-44)45-35-33-38(34-36-45)40-19-14-20-41(37-40)47-29-15-18-39-17-10-11-27-46(39)47/h1-37H. The lowest BCUT2D eigenvalue weighted by molar-refractivity contribution is 0.768. The molecule has 0 N–H and O–H groups in total. The highest BCUT2D eigenvalue weighted by molar-refractivity contribution is 5.99. The molecule has 0 aliphatic heterocycles. The molecule has 0 fully saturated rings. The summed E-state index contributed by atoms with van der Waals surface area (Å²) in [6.45, 7) is 0. The lowest BCUT2D eigenvalue weighted by atomic mass is 9.68. The second-order valence-corrected chi connectivity index (χ2v) is 14.1. The Morgan fingerprint density at radius 3 is 1.63 bits per heavy atom. The molecule has 0 bridgehead atoms. The molecule has 0 aromatic heterocycles. The van der Waals surface area contributed by atoms with Gasteiger partial charge < -0.3 is 4.90 Å². The molecule has 0 unspecified atom stereocenters. The summed E-state index contributed by atoms with van der Waals surface area (Å²) in [6.07, 6.45) is 0. The van der Waals surface area contributed by atoms with Crippen molar-refractivity contribution in [2.75, 3.05) is 4.90 Å². The van der Waals surface area contributed by atoms with Crippen molar-refractivity contribution in [3.05, 3.63) is 247 Å². The first kappa shape index (κ1) is 31.7. The topological polar surface area (TPSA) is 3.24 Å². The average molecular weight is 688 g/mol. The highest BCUT2D eigenvalue weighted by atomic mass is 15.1. The smallest absolute Gasteiger partial charge is 0.0714 e. The number of benzene rings is 9. The summed E-state index contributed by atoms with van der Waals surface area (Å²) in [5.41, 5.74) is 15.4. The Morgan fingerprint density at radius 2 is 0.870 bits per heavy atom. The van der Waals surface area contributed by atoms with Crippen LogP contribution in [0.5, 0.6) is 0 Å². The van der Waals surface area contributed by atoms with Crippen LogP contribution < -0.4 is 4.90 Å². The van der Waals surface area contributed by atoms with Crippen LogP contribution in [0.4, 0.5) is 17.1 Å². The molecule has 0 amide bonds. The van der Waals surface area contributed by atoms with Crippen LogP contribution in [0.3, 0.4) is 0 Å². The van der Waals surface area contributed by atoms with Gasteiger partial charge in [0.1, 0.15) is 0 Å². The summed E-state index contributed by atoms with van der Waals surface area (Å²) in [5.74, 6) is 0. The minimum absolute atomic E-state index is 0.467. The molecule has 0 radical (unpaired) electrons. The van der Waals surface area contributed by atoms with E-state index in [0.717, 1.165) is 17.1 Å². The van der Waals surface area contributed by atoms with Crippen LogP contribution in [0, 0.1) is 0 Å². The Morgan fingerprint density at radius 1 is 0.333 bits per heavy atom. The summed E-state index contributed by atoms with van der Waals surface area (Å²) in [5, 5.41) is 2.53. The van der Waals surface area contributed by atoms with Gasteiger partial charge in [-0.1, -0.05) is 188 Å². The van der Waals surface area contributed by atoms with E-state index in [4.69, 9.17) is 0 Å². The Kier molecular flexibility index (Phi) is 7.78. The minimum atomic E-state index is -0.467. The molecular weight excluding hydrogens is 651 g/mol.